The van der Waals surface area contributed by atoms with Crippen LogP contribution in [0.2, 0.25) is 0 Å². The average Bonchev–Trinajstić information content (AvgIpc) is 3.16. The molecule has 0 saturated carbocycles. The van der Waals surface area contributed by atoms with Gasteiger partial charge in [0.15, 0.2) is 17.5 Å². The number of benzene rings is 3. The van der Waals surface area contributed by atoms with Gasteiger partial charge in [-0.3, -0.25) is 9.89 Å². The van der Waals surface area contributed by atoms with Gasteiger partial charge >= 0.3 is 6.36 Å². The summed E-state index contributed by atoms with van der Waals surface area (Å²) < 4.78 is 86.2. The molecule has 4 aromatic rings. The van der Waals surface area contributed by atoms with Gasteiger partial charge in [0.05, 0.1) is 5.52 Å². The zero-order valence-corrected chi connectivity index (χ0v) is 16.8. The molecule has 34 heavy (non-hydrogen) atoms. The van der Waals surface area contributed by atoms with Crippen LogP contribution in [-0.2, 0) is 6.61 Å². The van der Waals surface area contributed by atoms with E-state index in [1.807, 2.05) is 0 Å². The number of rotatable bonds is 6. The second kappa shape index (κ2) is 8.96. The van der Waals surface area contributed by atoms with Crippen molar-refractivity contribution in [2.24, 2.45) is 0 Å². The number of nitrogens with zero attached hydrogens (tertiary/aromatic N) is 1. The first-order chi connectivity index (χ1) is 16.1. The van der Waals surface area contributed by atoms with Gasteiger partial charge in [-0.1, -0.05) is 0 Å². The van der Waals surface area contributed by atoms with E-state index in [2.05, 4.69) is 20.3 Å². The van der Waals surface area contributed by atoms with Crippen molar-refractivity contribution in [2.75, 3.05) is 5.32 Å². The molecule has 176 valence electrons. The fraction of sp³-hybridized carbons (Fsp3) is 0.0909. The van der Waals surface area contributed by atoms with Crippen LogP contribution in [0.3, 0.4) is 0 Å². The number of fused-ring (bicyclic) bond motifs is 1. The number of halogens is 6. The zero-order chi connectivity index (χ0) is 24.5. The molecule has 6 nitrogen and oxygen atoms in total. The maximum atomic E-state index is 13.8. The van der Waals surface area contributed by atoms with E-state index in [1.54, 1.807) is 6.07 Å². The van der Waals surface area contributed by atoms with Crippen LogP contribution in [-0.4, -0.2) is 22.5 Å². The quantitative estimate of drug-likeness (QED) is 0.273. The monoisotopic (exact) mass is 481 g/mol. The van der Waals surface area contributed by atoms with E-state index in [0.29, 0.717) is 23.0 Å². The molecule has 0 aliphatic heterocycles. The minimum Gasteiger partial charge on any atom is -0.489 e. The van der Waals surface area contributed by atoms with Gasteiger partial charge in [0.25, 0.3) is 5.91 Å². The number of H-pyrrole nitrogens is 1. The van der Waals surface area contributed by atoms with Crippen LogP contribution in [0.1, 0.15) is 15.9 Å². The SMILES string of the molecule is O=C(Nc1n[nH]c2ccc(OCc3cc(F)c(F)cc3F)cc12)c1ccc(OC(F)(F)F)cc1. The minimum atomic E-state index is -4.85. The van der Waals surface area contributed by atoms with E-state index >= 15 is 0 Å². The highest BCUT2D eigenvalue weighted by Crippen LogP contribution is 2.27. The van der Waals surface area contributed by atoms with Crippen molar-refractivity contribution in [1.29, 1.82) is 0 Å². The molecule has 1 amide bonds. The lowest BCUT2D eigenvalue weighted by Gasteiger charge is -2.09. The van der Waals surface area contributed by atoms with Crippen LogP contribution in [0.5, 0.6) is 11.5 Å². The highest BCUT2D eigenvalue weighted by molar-refractivity contribution is 6.08. The van der Waals surface area contributed by atoms with Gasteiger partial charge in [-0.25, -0.2) is 13.2 Å². The summed E-state index contributed by atoms with van der Waals surface area (Å²) in [4.78, 5) is 12.5. The van der Waals surface area contributed by atoms with Crippen LogP contribution < -0.4 is 14.8 Å². The first-order valence-electron chi connectivity index (χ1n) is 9.50. The lowest BCUT2D eigenvalue weighted by molar-refractivity contribution is -0.274. The van der Waals surface area contributed by atoms with E-state index in [0.717, 1.165) is 24.3 Å². The van der Waals surface area contributed by atoms with Gasteiger partial charge in [-0.15, -0.1) is 13.2 Å². The third-order valence-corrected chi connectivity index (χ3v) is 4.60. The standard InChI is InChI=1S/C22H13F6N3O3/c23-16-9-18(25)17(24)7-12(16)10-33-14-5-6-19-15(8-14)20(31-30-19)29-21(32)11-1-3-13(4-2-11)34-22(26,27)28/h1-9H,10H2,(H2,29,30,31,32). The predicted octanol–water partition coefficient (Wildman–Crippen LogP) is 5.71. The van der Waals surface area contributed by atoms with Gasteiger partial charge in [0.2, 0.25) is 0 Å². The van der Waals surface area contributed by atoms with Gasteiger partial charge in [0.1, 0.15) is 23.9 Å². The summed E-state index contributed by atoms with van der Waals surface area (Å²) in [5.74, 6) is -4.31. The Morgan fingerprint density at radius 1 is 0.912 bits per heavy atom. The Kier molecular flexibility index (Phi) is 6.05. The number of hydrogen-bond donors (Lipinski definition) is 2. The smallest absolute Gasteiger partial charge is 0.489 e. The molecule has 1 aromatic heterocycles. The lowest BCUT2D eigenvalue weighted by atomic mass is 10.2. The number of nitrogens with one attached hydrogen (secondary N) is 2. The number of hydrogen-bond acceptors (Lipinski definition) is 4. The Balaban J connectivity index is 1.48. The molecule has 0 aliphatic rings. The van der Waals surface area contributed by atoms with Crippen LogP contribution >= 0.6 is 0 Å². The highest BCUT2D eigenvalue weighted by Gasteiger charge is 2.31. The number of amides is 1. The Bertz CT molecular complexity index is 1350. The molecule has 0 fully saturated rings. The first kappa shape index (κ1) is 23.0. The molecule has 0 saturated heterocycles. The molecule has 0 bridgehead atoms. The molecule has 1 heterocycles. The van der Waals surface area contributed by atoms with Gasteiger partial charge in [-0.05, 0) is 48.5 Å². The van der Waals surface area contributed by atoms with Crippen molar-refractivity contribution in [2.45, 2.75) is 13.0 Å². The molecule has 0 unspecified atom stereocenters. The van der Waals surface area contributed by atoms with Crippen LogP contribution in [0.25, 0.3) is 10.9 Å². The van der Waals surface area contributed by atoms with E-state index in [-0.39, 0.29) is 29.3 Å². The number of carbonyl (C=O) groups excluding carboxylic acids is 1. The topological polar surface area (TPSA) is 76.2 Å². The normalized spacial score (nSPS) is 11.5. The largest absolute Gasteiger partial charge is 0.573 e. The summed E-state index contributed by atoms with van der Waals surface area (Å²) >= 11 is 0. The number of carbonyl (C=O) groups is 1. The van der Waals surface area contributed by atoms with Crippen molar-refractivity contribution in [1.82, 2.24) is 10.2 Å². The van der Waals surface area contributed by atoms with Crippen LogP contribution in [0.4, 0.5) is 32.2 Å². The average molecular weight is 481 g/mol. The fourth-order valence-corrected chi connectivity index (χ4v) is 3.00. The highest BCUT2D eigenvalue weighted by atomic mass is 19.4. The summed E-state index contributed by atoms with van der Waals surface area (Å²) in [6, 6.07) is 9.96. The number of aromatic nitrogens is 2. The molecule has 3 aromatic carbocycles. The van der Waals surface area contributed by atoms with E-state index < -0.39 is 35.5 Å². The molecular formula is C22H13F6N3O3. The number of anilines is 1. The van der Waals surface area contributed by atoms with Crippen LogP contribution in [0.15, 0.2) is 54.6 Å². The van der Waals surface area contributed by atoms with E-state index in [9.17, 15) is 31.1 Å². The summed E-state index contributed by atoms with van der Waals surface area (Å²) in [7, 11) is 0. The third kappa shape index (κ3) is 5.22. The second-order valence-corrected chi connectivity index (χ2v) is 6.95. The Labute approximate surface area is 187 Å². The molecule has 12 heteroatoms. The lowest BCUT2D eigenvalue weighted by Crippen LogP contribution is -2.17. The predicted molar refractivity (Wildman–Crippen MR) is 108 cm³/mol. The van der Waals surface area contributed by atoms with Crippen molar-refractivity contribution >= 4 is 22.6 Å². The zero-order valence-electron chi connectivity index (χ0n) is 16.8. The molecule has 0 atom stereocenters. The van der Waals surface area contributed by atoms with Crippen molar-refractivity contribution in [3.63, 3.8) is 0 Å². The Morgan fingerprint density at radius 2 is 1.59 bits per heavy atom. The molecule has 0 radical (unpaired) electrons. The third-order valence-electron chi connectivity index (χ3n) is 4.60. The van der Waals surface area contributed by atoms with E-state index in [1.165, 1.54) is 12.1 Å². The first-order valence-corrected chi connectivity index (χ1v) is 9.50. The minimum absolute atomic E-state index is 0.0480. The summed E-state index contributed by atoms with van der Waals surface area (Å²) in [5.41, 5.74) is 0.361. The van der Waals surface area contributed by atoms with Crippen molar-refractivity contribution in [3.05, 3.63) is 83.2 Å². The maximum absolute atomic E-state index is 13.8. The second-order valence-electron chi connectivity index (χ2n) is 6.95. The van der Waals surface area contributed by atoms with Gasteiger partial charge in [-0.2, -0.15) is 5.10 Å². The summed E-state index contributed by atoms with van der Waals surface area (Å²) in [5, 5.41) is 9.60. The molecule has 2 N–H and O–H groups in total. The Morgan fingerprint density at radius 3 is 2.29 bits per heavy atom. The Hall–Kier alpha value is -4.22. The number of ether oxygens (including phenoxy) is 2. The number of aromatic amines is 1. The van der Waals surface area contributed by atoms with Gasteiger partial charge < -0.3 is 14.8 Å². The summed E-state index contributed by atoms with van der Waals surface area (Å²) in [6.45, 7) is -0.388. The number of alkyl halides is 3. The molecule has 0 spiro atoms. The maximum Gasteiger partial charge on any atom is 0.573 e. The summed E-state index contributed by atoms with van der Waals surface area (Å²) in [6.07, 6.45) is -4.85. The molecule has 4 rings (SSSR count). The fourth-order valence-electron chi connectivity index (χ4n) is 3.00. The molecular weight excluding hydrogens is 468 g/mol. The van der Waals surface area contributed by atoms with Crippen molar-refractivity contribution < 1.29 is 40.6 Å². The van der Waals surface area contributed by atoms with Crippen molar-refractivity contribution in [3.8, 4) is 11.5 Å². The van der Waals surface area contributed by atoms with Crippen LogP contribution in [0, 0.1) is 17.5 Å². The van der Waals surface area contributed by atoms with E-state index in [4.69, 9.17) is 4.74 Å². The van der Waals surface area contributed by atoms with Gasteiger partial charge in [0, 0.05) is 22.6 Å². The molecule has 0 aliphatic carbocycles.